The minimum absolute atomic E-state index is 0.0284. The molecule has 4 N–H and O–H groups in total. The number of nitrogens with one attached hydrogen (secondary N) is 2. The van der Waals surface area contributed by atoms with Crippen molar-refractivity contribution in [2.24, 2.45) is 0 Å². The van der Waals surface area contributed by atoms with Gasteiger partial charge in [-0.25, -0.2) is 22.2 Å². The topological polar surface area (TPSA) is 115 Å². The van der Waals surface area contributed by atoms with Crippen LogP contribution in [0, 0.1) is 5.82 Å². The van der Waals surface area contributed by atoms with Crippen molar-refractivity contribution in [3.05, 3.63) is 71.1 Å². The standard InChI is InChI=1S/C30H33ClF2N6O2S/c1-17(2)39-29-22(19-8-11-21(12-9-19)36-18(3)15-32)16-35-30(34)27(29)28(37-39)20-10-13-25(24(33)14-20)38-42(40,41)26-7-5-4-6-23(26)31/h4-8,10,13-14,16-18,21,36,38H,9,11-12,15H2,1-3H3,(H2,34,35)/t18-,21-/m0/s1. The average molecular weight is 615 g/mol. The van der Waals surface area contributed by atoms with Gasteiger partial charge in [-0.05, 0) is 69.9 Å². The van der Waals surface area contributed by atoms with E-state index in [1.165, 1.54) is 30.3 Å². The number of nitrogens with two attached hydrogens (primary N) is 1. The Labute approximate surface area is 249 Å². The van der Waals surface area contributed by atoms with E-state index in [4.69, 9.17) is 22.4 Å². The van der Waals surface area contributed by atoms with Gasteiger partial charge in [-0.3, -0.25) is 9.40 Å². The molecule has 0 bridgehead atoms. The zero-order valence-electron chi connectivity index (χ0n) is 23.5. The van der Waals surface area contributed by atoms with Crippen LogP contribution in [0.3, 0.4) is 0 Å². The van der Waals surface area contributed by atoms with Gasteiger partial charge in [-0.15, -0.1) is 0 Å². The maximum Gasteiger partial charge on any atom is 0.263 e. The van der Waals surface area contributed by atoms with E-state index in [1.54, 1.807) is 18.3 Å². The largest absolute Gasteiger partial charge is 0.383 e. The Balaban J connectivity index is 1.53. The van der Waals surface area contributed by atoms with Gasteiger partial charge in [0.2, 0.25) is 0 Å². The third kappa shape index (κ3) is 5.86. The quantitative estimate of drug-likeness (QED) is 0.192. The van der Waals surface area contributed by atoms with Gasteiger partial charge < -0.3 is 11.1 Å². The molecule has 0 saturated carbocycles. The third-order valence-electron chi connectivity index (χ3n) is 7.37. The number of hydrogen-bond donors (Lipinski definition) is 3. The fourth-order valence-corrected chi connectivity index (χ4v) is 6.88. The maximum atomic E-state index is 15.4. The van der Waals surface area contributed by atoms with Crippen molar-refractivity contribution < 1.29 is 17.2 Å². The fraction of sp³-hybridized carbons (Fsp3) is 0.333. The summed E-state index contributed by atoms with van der Waals surface area (Å²) in [6, 6.07) is 10.1. The second-order valence-electron chi connectivity index (χ2n) is 10.8. The molecule has 2 aromatic carbocycles. The minimum atomic E-state index is -4.12. The van der Waals surface area contributed by atoms with E-state index >= 15 is 4.39 Å². The Bertz CT molecular complexity index is 1770. The number of halogens is 3. The van der Waals surface area contributed by atoms with Crippen LogP contribution in [0.5, 0.6) is 0 Å². The highest BCUT2D eigenvalue weighted by Gasteiger charge is 2.26. The highest BCUT2D eigenvalue weighted by atomic mass is 35.5. The molecular formula is C30H33ClF2N6O2S. The lowest BCUT2D eigenvalue weighted by molar-refractivity contribution is 0.347. The van der Waals surface area contributed by atoms with Crippen LogP contribution in [0.15, 0.2) is 59.6 Å². The summed E-state index contributed by atoms with van der Waals surface area (Å²) in [5.74, 6) is -0.527. The van der Waals surface area contributed by atoms with E-state index in [-0.39, 0.29) is 39.5 Å². The van der Waals surface area contributed by atoms with Crippen molar-refractivity contribution in [3.63, 3.8) is 0 Å². The smallest absolute Gasteiger partial charge is 0.263 e. The first-order valence-corrected chi connectivity index (χ1v) is 15.6. The number of nitrogens with zero attached hydrogens (tertiary/aromatic N) is 3. The van der Waals surface area contributed by atoms with Crippen LogP contribution in [0.25, 0.3) is 27.7 Å². The number of benzene rings is 2. The summed E-state index contributed by atoms with van der Waals surface area (Å²) in [7, 11) is -4.12. The van der Waals surface area contributed by atoms with Gasteiger partial charge in [0.25, 0.3) is 10.0 Å². The van der Waals surface area contributed by atoms with Crippen LogP contribution < -0.4 is 15.8 Å². The Hall–Kier alpha value is -3.54. The third-order valence-corrected chi connectivity index (χ3v) is 9.23. The Morgan fingerprint density at radius 2 is 1.95 bits per heavy atom. The van der Waals surface area contributed by atoms with Gasteiger partial charge in [0.05, 0.1) is 21.6 Å². The number of rotatable bonds is 9. The van der Waals surface area contributed by atoms with Crippen molar-refractivity contribution >= 4 is 49.6 Å². The average Bonchev–Trinajstić information content (AvgIpc) is 3.37. The maximum absolute atomic E-state index is 15.4. The van der Waals surface area contributed by atoms with Crippen LogP contribution in [0.4, 0.5) is 20.3 Å². The van der Waals surface area contributed by atoms with Crippen LogP contribution in [-0.4, -0.2) is 41.9 Å². The molecule has 0 amide bonds. The highest BCUT2D eigenvalue weighted by Crippen LogP contribution is 2.40. The number of sulfonamides is 1. The summed E-state index contributed by atoms with van der Waals surface area (Å²) >= 11 is 6.06. The number of alkyl halides is 1. The molecule has 0 fully saturated rings. The van der Waals surface area contributed by atoms with Gasteiger partial charge in [0.15, 0.2) is 0 Å². The molecule has 2 atom stereocenters. The Morgan fingerprint density at radius 1 is 1.19 bits per heavy atom. The van der Waals surface area contributed by atoms with Crippen molar-refractivity contribution in [2.45, 2.75) is 63.1 Å². The second kappa shape index (κ2) is 12.0. The van der Waals surface area contributed by atoms with Crippen LogP contribution >= 0.6 is 11.6 Å². The molecular weight excluding hydrogens is 582 g/mol. The molecule has 1 aliphatic carbocycles. The molecule has 4 aromatic rings. The minimum Gasteiger partial charge on any atom is -0.383 e. The summed E-state index contributed by atoms with van der Waals surface area (Å²) in [6.45, 7) is 5.41. The van der Waals surface area contributed by atoms with E-state index in [0.717, 1.165) is 35.9 Å². The van der Waals surface area contributed by atoms with Gasteiger partial charge in [0.1, 0.15) is 28.9 Å². The molecule has 0 unspecified atom stereocenters. The molecule has 42 heavy (non-hydrogen) atoms. The highest BCUT2D eigenvalue weighted by molar-refractivity contribution is 7.92. The van der Waals surface area contributed by atoms with Crippen molar-refractivity contribution in [1.82, 2.24) is 20.1 Å². The van der Waals surface area contributed by atoms with Gasteiger partial charge in [0, 0.05) is 35.4 Å². The van der Waals surface area contributed by atoms with E-state index in [2.05, 4.69) is 21.1 Å². The SMILES string of the molecule is CC(C)n1nc(-c2ccc(NS(=O)(=O)c3ccccc3Cl)c(F)c2)c2c(N)ncc(C3=CC[C@H](N[C@@H](C)CF)CC3)c21. The number of nitrogen functional groups attached to an aromatic ring is 1. The first-order valence-electron chi connectivity index (χ1n) is 13.8. The van der Waals surface area contributed by atoms with Crippen molar-refractivity contribution in [2.75, 3.05) is 17.1 Å². The van der Waals surface area contributed by atoms with Crippen LogP contribution in [-0.2, 0) is 10.0 Å². The lowest BCUT2D eigenvalue weighted by Gasteiger charge is -2.26. The molecule has 2 aromatic heterocycles. The molecule has 8 nitrogen and oxygen atoms in total. The van der Waals surface area contributed by atoms with Crippen LogP contribution in [0.1, 0.15) is 51.6 Å². The molecule has 0 aliphatic heterocycles. The summed E-state index contributed by atoms with van der Waals surface area (Å²) < 4.78 is 58.3. The monoisotopic (exact) mass is 614 g/mol. The summed E-state index contributed by atoms with van der Waals surface area (Å²) in [5, 5.41) is 8.78. The Kier molecular flexibility index (Phi) is 8.54. The first kappa shape index (κ1) is 29.9. The van der Waals surface area contributed by atoms with E-state index in [9.17, 15) is 12.8 Å². The van der Waals surface area contributed by atoms with Crippen molar-refractivity contribution in [1.29, 1.82) is 0 Å². The molecule has 12 heteroatoms. The van der Waals surface area contributed by atoms with E-state index < -0.39 is 22.5 Å². The number of hydrogen-bond acceptors (Lipinski definition) is 6. The van der Waals surface area contributed by atoms with Gasteiger partial charge in [-0.1, -0.05) is 35.9 Å². The van der Waals surface area contributed by atoms with Gasteiger partial charge >= 0.3 is 0 Å². The molecule has 1 aliphatic rings. The predicted octanol–water partition coefficient (Wildman–Crippen LogP) is 6.74. The summed E-state index contributed by atoms with van der Waals surface area (Å²) in [6.07, 6.45) is 6.27. The van der Waals surface area contributed by atoms with Crippen molar-refractivity contribution in [3.8, 4) is 11.3 Å². The first-order chi connectivity index (χ1) is 20.0. The summed E-state index contributed by atoms with van der Waals surface area (Å²) in [4.78, 5) is 4.32. The Morgan fingerprint density at radius 3 is 2.60 bits per heavy atom. The zero-order chi connectivity index (χ0) is 30.2. The zero-order valence-corrected chi connectivity index (χ0v) is 25.1. The van der Waals surface area contributed by atoms with E-state index in [1.807, 2.05) is 25.5 Å². The predicted molar refractivity (Wildman–Crippen MR) is 164 cm³/mol. The number of anilines is 2. The lowest BCUT2D eigenvalue weighted by atomic mass is 9.90. The number of fused-ring (bicyclic) bond motifs is 1. The molecule has 222 valence electrons. The second-order valence-corrected chi connectivity index (χ2v) is 12.9. The fourth-order valence-electron chi connectivity index (χ4n) is 5.29. The van der Waals surface area contributed by atoms with Gasteiger partial charge in [-0.2, -0.15) is 5.10 Å². The van der Waals surface area contributed by atoms with E-state index in [0.29, 0.717) is 16.6 Å². The molecule has 0 saturated heterocycles. The number of pyridine rings is 1. The molecule has 0 spiro atoms. The normalized spacial score (nSPS) is 16.5. The summed E-state index contributed by atoms with van der Waals surface area (Å²) in [5.41, 5.74) is 9.83. The van der Waals surface area contributed by atoms with Crippen LogP contribution in [0.2, 0.25) is 5.02 Å². The lowest BCUT2D eigenvalue weighted by Crippen LogP contribution is -2.38. The number of aromatic nitrogens is 3. The number of allylic oxidation sites excluding steroid dienone is 1. The molecule has 2 heterocycles. The molecule has 5 rings (SSSR count). The molecule has 0 radical (unpaired) electrons.